The van der Waals surface area contributed by atoms with Crippen LogP contribution in [0, 0.1) is 15.9 Å². The van der Waals surface area contributed by atoms with Crippen LogP contribution in [-0.4, -0.2) is 32.7 Å². The van der Waals surface area contributed by atoms with Crippen LogP contribution in [0.25, 0.3) is 0 Å². The first kappa shape index (κ1) is 20.4. The van der Waals surface area contributed by atoms with Gasteiger partial charge in [-0.3, -0.25) is 25.0 Å². The molecule has 2 N–H and O–H groups in total. The van der Waals surface area contributed by atoms with Crippen LogP contribution in [0.15, 0.2) is 52.9 Å². The van der Waals surface area contributed by atoms with Crippen LogP contribution in [0.2, 0.25) is 0 Å². The van der Waals surface area contributed by atoms with Gasteiger partial charge in [0.05, 0.1) is 16.2 Å². The van der Waals surface area contributed by atoms with Crippen molar-refractivity contribution in [2.45, 2.75) is 4.34 Å². The van der Waals surface area contributed by atoms with Gasteiger partial charge in [0, 0.05) is 17.8 Å². The van der Waals surface area contributed by atoms with Crippen LogP contribution in [0.3, 0.4) is 0 Å². The van der Waals surface area contributed by atoms with E-state index in [-0.39, 0.29) is 28.0 Å². The smallest absolute Gasteiger partial charge is 0.269 e. The molecule has 0 radical (unpaired) electrons. The van der Waals surface area contributed by atoms with Gasteiger partial charge >= 0.3 is 0 Å². The first-order chi connectivity index (χ1) is 13.9. The number of nitrogens with one attached hydrogen (secondary N) is 2. The third-order valence-electron chi connectivity index (χ3n) is 3.43. The summed E-state index contributed by atoms with van der Waals surface area (Å²) in [5.41, 5.74) is 0.242. The number of nitrogens with zero attached hydrogens (tertiary/aromatic N) is 3. The Balaban J connectivity index is 1.51. The van der Waals surface area contributed by atoms with Crippen molar-refractivity contribution in [3.05, 3.63) is 70.0 Å². The van der Waals surface area contributed by atoms with Crippen molar-refractivity contribution in [2.24, 2.45) is 0 Å². The van der Waals surface area contributed by atoms with Crippen LogP contribution in [0.5, 0.6) is 0 Å². The van der Waals surface area contributed by atoms with E-state index in [1.54, 1.807) is 6.07 Å². The predicted octanol–water partition coefficient (Wildman–Crippen LogP) is 3.57. The Hall–Kier alpha value is -3.38. The summed E-state index contributed by atoms with van der Waals surface area (Å²) < 4.78 is 14.1. The second-order valence-electron chi connectivity index (χ2n) is 5.45. The molecule has 2 amide bonds. The Kier molecular flexibility index (Phi) is 6.46. The second-order valence-corrected chi connectivity index (χ2v) is 7.65. The Labute approximate surface area is 171 Å². The number of rotatable bonds is 7. The zero-order valence-electron chi connectivity index (χ0n) is 14.5. The Morgan fingerprint density at radius 2 is 1.83 bits per heavy atom. The van der Waals surface area contributed by atoms with Crippen molar-refractivity contribution in [1.82, 2.24) is 10.2 Å². The van der Waals surface area contributed by atoms with Crippen LogP contribution in [-0.2, 0) is 4.79 Å². The third-order valence-corrected chi connectivity index (χ3v) is 5.41. The number of non-ortho nitro benzene ring substituents is 1. The summed E-state index contributed by atoms with van der Waals surface area (Å²) in [4.78, 5) is 34.1. The number of carbonyl (C=O) groups is 2. The maximum Gasteiger partial charge on any atom is 0.269 e. The molecule has 0 atom stereocenters. The number of hydrogen-bond acceptors (Lipinski definition) is 8. The lowest BCUT2D eigenvalue weighted by atomic mass is 10.2. The average Bonchev–Trinajstić information content (AvgIpc) is 3.14. The number of halogens is 1. The molecule has 3 aromatic rings. The summed E-state index contributed by atoms with van der Waals surface area (Å²) >= 11 is 2.15. The Bertz CT molecular complexity index is 1060. The number of anilines is 2. The summed E-state index contributed by atoms with van der Waals surface area (Å²) in [6.45, 7) is 0. The molecule has 0 aliphatic heterocycles. The SMILES string of the molecule is O=C(CSc1nnc(NC(=O)c2ccccc2F)s1)Nc1ccc([N+](=O)[O-])cc1. The highest BCUT2D eigenvalue weighted by molar-refractivity contribution is 8.01. The maximum atomic E-state index is 13.6. The van der Waals surface area contributed by atoms with E-state index < -0.39 is 16.6 Å². The summed E-state index contributed by atoms with van der Waals surface area (Å²) in [5.74, 6) is -1.61. The number of nitro groups is 1. The minimum atomic E-state index is -0.647. The van der Waals surface area contributed by atoms with Gasteiger partial charge in [-0.25, -0.2) is 4.39 Å². The molecule has 2 aromatic carbocycles. The molecular formula is C17H12FN5O4S2. The first-order valence-corrected chi connectivity index (χ1v) is 9.79. The molecule has 0 bridgehead atoms. The molecule has 0 unspecified atom stereocenters. The minimum Gasteiger partial charge on any atom is -0.325 e. The van der Waals surface area contributed by atoms with E-state index in [1.165, 1.54) is 42.5 Å². The molecule has 1 heterocycles. The monoisotopic (exact) mass is 433 g/mol. The molecule has 1 aromatic heterocycles. The molecule has 29 heavy (non-hydrogen) atoms. The topological polar surface area (TPSA) is 127 Å². The number of amides is 2. The van der Waals surface area contributed by atoms with Gasteiger partial charge in [0.15, 0.2) is 4.34 Å². The van der Waals surface area contributed by atoms with Crippen LogP contribution < -0.4 is 10.6 Å². The Morgan fingerprint density at radius 1 is 1.10 bits per heavy atom. The lowest BCUT2D eigenvalue weighted by Crippen LogP contribution is -2.13. The van der Waals surface area contributed by atoms with Crippen LogP contribution in [0.4, 0.5) is 20.9 Å². The number of aromatic nitrogens is 2. The molecule has 12 heteroatoms. The molecule has 0 fully saturated rings. The third kappa shape index (κ3) is 5.56. The van der Waals surface area contributed by atoms with Crippen molar-refractivity contribution in [3.63, 3.8) is 0 Å². The molecular weight excluding hydrogens is 421 g/mol. The van der Waals surface area contributed by atoms with Gasteiger partial charge in [-0.1, -0.05) is 35.2 Å². The Morgan fingerprint density at radius 3 is 2.52 bits per heavy atom. The summed E-state index contributed by atoms with van der Waals surface area (Å²) in [7, 11) is 0. The lowest BCUT2D eigenvalue weighted by molar-refractivity contribution is -0.384. The molecule has 0 aliphatic rings. The maximum absolute atomic E-state index is 13.6. The number of carbonyl (C=O) groups excluding carboxylic acids is 2. The van der Waals surface area contributed by atoms with E-state index in [9.17, 15) is 24.1 Å². The highest BCUT2D eigenvalue weighted by Crippen LogP contribution is 2.26. The van der Waals surface area contributed by atoms with Crippen molar-refractivity contribution in [1.29, 1.82) is 0 Å². The summed E-state index contributed by atoms with van der Waals surface area (Å²) in [6.07, 6.45) is 0. The van der Waals surface area contributed by atoms with E-state index >= 15 is 0 Å². The summed E-state index contributed by atoms with van der Waals surface area (Å²) in [5, 5.41) is 23.5. The highest BCUT2D eigenvalue weighted by Gasteiger charge is 2.14. The molecule has 148 valence electrons. The van der Waals surface area contributed by atoms with Gasteiger partial charge in [-0.2, -0.15) is 0 Å². The zero-order valence-corrected chi connectivity index (χ0v) is 16.1. The number of benzene rings is 2. The minimum absolute atomic E-state index is 0.0207. The molecule has 3 rings (SSSR count). The number of thioether (sulfide) groups is 1. The van der Waals surface area contributed by atoms with Crippen LogP contribution >= 0.6 is 23.1 Å². The van der Waals surface area contributed by atoms with Gasteiger partial charge in [-0.05, 0) is 24.3 Å². The van der Waals surface area contributed by atoms with Gasteiger partial charge in [0.25, 0.3) is 11.6 Å². The lowest BCUT2D eigenvalue weighted by Gasteiger charge is -2.03. The fourth-order valence-electron chi connectivity index (χ4n) is 2.12. The van der Waals surface area contributed by atoms with Crippen molar-refractivity contribution in [3.8, 4) is 0 Å². The van der Waals surface area contributed by atoms with E-state index in [4.69, 9.17) is 0 Å². The number of nitro benzene ring substituents is 1. The summed E-state index contributed by atoms with van der Waals surface area (Å²) in [6, 6.07) is 11.0. The van der Waals surface area contributed by atoms with Crippen LogP contribution in [0.1, 0.15) is 10.4 Å². The molecule has 0 saturated carbocycles. The van der Waals surface area contributed by atoms with Crippen molar-refractivity contribution < 1.29 is 18.9 Å². The van der Waals surface area contributed by atoms with Crippen molar-refractivity contribution >= 4 is 51.4 Å². The average molecular weight is 433 g/mol. The second kappa shape index (κ2) is 9.21. The van der Waals surface area contributed by atoms with E-state index in [0.717, 1.165) is 23.1 Å². The van der Waals surface area contributed by atoms with Gasteiger partial charge in [0.1, 0.15) is 5.82 Å². The number of hydrogen-bond donors (Lipinski definition) is 2. The van der Waals surface area contributed by atoms with E-state index in [1.807, 2.05) is 0 Å². The predicted molar refractivity (Wildman–Crippen MR) is 107 cm³/mol. The standard InChI is InChI=1S/C17H12FN5O4S2/c18-13-4-2-1-3-12(13)15(25)20-16-21-22-17(29-16)28-9-14(24)19-10-5-7-11(8-6-10)23(26)27/h1-8H,9H2,(H,19,24)(H,20,21,25). The molecule has 0 saturated heterocycles. The van der Waals surface area contributed by atoms with Crippen molar-refractivity contribution in [2.75, 3.05) is 16.4 Å². The first-order valence-electron chi connectivity index (χ1n) is 7.99. The van der Waals surface area contributed by atoms with E-state index in [0.29, 0.717) is 10.0 Å². The van der Waals surface area contributed by atoms with Gasteiger partial charge < -0.3 is 5.32 Å². The highest BCUT2D eigenvalue weighted by atomic mass is 32.2. The van der Waals surface area contributed by atoms with Gasteiger partial charge in [0.2, 0.25) is 11.0 Å². The normalized spacial score (nSPS) is 10.4. The largest absolute Gasteiger partial charge is 0.325 e. The zero-order chi connectivity index (χ0) is 20.8. The fraction of sp³-hybridized carbons (Fsp3) is 0.0588. The van der Waals surface area contributed by atoms with Gasteiger partial charge in [-0.15, -0.1) is 10.2 Å². The fourth-order valence-corrected chi connectivity index (χ4v) is 3.67. The molecule has 0 spiro atoms. The quantitative estimate of drug-likeness (QED) is 0.252. The van der Waals surface area contributed by atoms with E-state index in [2.05, 4.69) is 20.8 Å². The molecule has 0 aliphatic carbocycles. The molecule has 9 nitrogen and oxygen atoms in total.